The maximum Gasteiger partial charge on any atom is -0.00241 e. The molecule has 1 aromatic rings. The van der Waals surface area contributed by atoms with Crippen LogP contribution in [0.1, 0.15) is 51.2 Å². The monoisotopic (exact) mass is 202 g/mol. The molecule has 0 aromatic heterocycles. The van der Waals surface area contributed by atoms with Gasteiger partial charge in [-0.3, -0.25) is 0 Å². The highest BCUT2D eigenvalue weighted by molar-refractivity contribution is 5.32. The van der Waals surface area contributed by atoms with Crippen LogP contribution in [0, 0.1) is 12.3 Å². The largest absolute Gasteiger partial charge is 0.0617 e. The Balaban J connectivity index is 2.45. The molecule has 1 aliphatic rings. The first-order chi connectivity index (χ1) is 6.96. The van der Waals surface area contributed by atoms with Gasteiger partial charge in [0.25, 0.3) is 0 Å². The highest BCUT2D eigenvalue weighted by Gasteiger charge is 2.45. The quantitative estimate of drug-likeness (QED) is 0.630. The molecule has 0 amide bonds. The second-order valence-corrected chi connectivity index (χ2v) is 5.94. The summed E-state index contributed by atoms with van der Waals surface area (Å²) in [7, 11) is 0. The Labute approximate surface area is 93.7 Å². The standard InChI is InChI=1S/C15H22/c1-12-7-5-8-13(11-12)15(4)10-6-9-14(15,2)3/h5,7-8,11H,6,9-10H2,1-4H3/t15-/m0/s1. The third kappa shape index (κ3) is 1.60. The molecule has 0 radical (unpaired) electrons. The minimum absolute atomic E-state index is 0.374. The van der Waals surface area contributed by atoms with Crippen molar-refractivity contribution in [1.29, 1.82) is 0 Å². The topological polar surface area (TPSA) is 0 Å². The van der Waals surface area contributed by atoms with Crippen molar-refractivity contribution < 1.29 is 0 Å². The van der Waals surface area contributed by atoms with Gasteiger partial charge in [0.2, 0.25) is 0 Å². The van der Waals surface area contributed by atoms with Crippen molar-refractivity contribution in [3.8, 4) is 0 Å². The van der Waals surface area contributed by atoms with E-state index >= 15 is 0 Å². The molecule has 1 saturated carbocycles. The normalized spacial score (nSPS) is 29.3. The maximum atomic E-state index is 2.44. The van der Waals surface area contributed by atoms with E-state index in [9.17, 15) is 0 Å². The molecular weight excluding hydrogens is 180 g/mol. The Morgan fingerprint density at radius 2 is 1.80 bits per heavy atom. The molecule has 0 nitrogen and oxygen atoms in total. The summed E-state index contributed by atoms with van der Waals surface area (Å²) in [6.07, 6.45) is 4.07. The summed E-state index contributed by atoms with van der Waals surface area (Å²) in [6, 6.07) is 9.06. The van der Waals surface area contributed by atoms with Gasteiger partial charge in [-0.15, -0.1) is 0 Å². The van der Waals surface area contributed by atoms with Crippen LogP contribution < -0.4 is 0 Å². The first kappa shape index (κ1) is 10.7. The number of aryl methyl sites for hydroxylation is 1. The number of rotatable bonds is 1. The van der Waals surface area contributed by atoms with Crippen LogP contribution in [-0.2, 0) is 5.41 Å². The summed E-state index contributed by atoms with van der Waals surface area (Å²) in [4.78, 5) is 0. The molecule has 15 heavy (non-hydrogen) atoms. The maximum absolute atomic E-state index is 2.44. The molecule has 0 N–H and O–H groups in total. The van der Waals surface area contributed by atoms with Crippen molar-refractivity contribution in [2.75, 3.05) is 0 Å². The van der Waals surface area contributed by atoms with Gasteiger partial charge in [-0.25, -0.2) is 0 Å². The van der Waals surface area contributed by atoms with E-state index in [1.54, 1.807) is 0 Å². The molecule has 0 bridgehead atoms. The molecule has 0 aliphatic heterocycles. The lowest BCUT2D eigenvalue weighted by Gasteiger charge is -2.39. The Kier molecular flexibility index (Phi) is 2.41. The lowest BCUT2D eigenvalue weighted by atomic mass is 9.65. The summed E-state index contributed by atoms with van der Waals surface area (Å²) in [6.45, 7) is 9.47. The van der Waals surface area contributed by atoms with Gasteiger partial charge in [0.05, 0.1) is 0 Å². The van der Waals surface area contributed by atoms with Crippen LogP contribution in [0.4, 0.5) is 0 Å². The second-order valence-electron chi connectivity index (χ2n) is 5.94. The van der Waals surface area contributed by atoms with Gasteiger partial charge in [0.1, 0.15) is 0 Å². The molecular formula is C15H22. The molecule has 2 rings (SSSR count). The third-order valence-electron chi connectivity index (χ3n) is 4.63. The van der Waals surface area contributed by atoms with Gasteiger partial charge in [-0.1, -0.05) is 57.0 Å². The Morgan fingerprint density at radius 3 is 2.33 bits per heavy atom. The van der Waals surface area contributed by atoms with Crippen LogP contribution in [0.3, 0.4) is 0 Å². The van der Waals surface area contributed by atoms with Gasteiger partial charge >= 0.3 is 0 Å². The SMILES string of the molecule is Cc1cccc([C@]2(C)CCCC2(C)C)c1. The average Bonchev–Trinajstić information content (AvgIpc) is 2.43. The van der Waals surface area contributed by atoms with Crippen molar-refractivity contribution in [2.45, 2.75) is 52.4 Å². The molecule has 0 spiro atoms. The fourth-order valence-corrected chi connectivity index (χ4v) is 3.02. The number of hydrogen-bond donors (Lipinski definition) is 0. The first-order valence-electron chi connectivity index (χ1n) is 6.03. The van der Waals surface area contributed by atoms with E-state index in [1.165, 1.54) is 30.4 Å². The van der Waals surface area contributed by atoms with Crippen LogP contribution >= 0.6 is 0 Å². The third-order valence-corrected chi connectivity index (χ3v) is 4.63. The Bertz CT molecular complexity index is 362. The van der Waals surface area contributed by atoms with Crippen LogP contribution in [0.25, 0.3) is 0 Å². The molecule has 0 unspecified atom stereocenters. The highest BCUT2D eigenvalue weighted by atomic mass is 14.5. The van der Waals surface area contributed by atoms with Crippen molar-refractivity contribution >= 4 is 0 Å². The molecule has 1 fully saturated rings. The fourth-order valence-electron chi connectivity index (χ4n) is 3.02. The Morgan fingerprint density at radius 1 is 1.07 bits per heavy atom. The lowest BCUT2D eigenvalue weighted by Crippen LogP contribution is -2.33. The van der Waals surface area contributed by atoms with Crippen molar-refractivity contribution in [3.05, 3.63) is 35.4 Å². The zero-order valence-electron chi connectivity index (χ0n) is 10.4. The first-order valence-corrected chi connectivity index (χ1v) is 6.03. The minimum Gasteiger partial charge on any atom is -0.0617 e. The fraction of sp³-hybridized carbons (Fsp3) is 0.600. The van der Waals surface area contributed by atoms with Gasteiger partial charge in [-0.05, 0) is 36.2 Å². The molecule has 1 aliphatic carbocycles. The summed E-state index contributed by atoms with van der Waals surface area (Å²) < 4.78 is 0. The van der Waals surface area contributed by atoms with E-state index in [4.69, 9.17) is 0 Å². The predicted molar refractivity (Wildman–Crippen MR) is 66.2 cm³/mol. The molecule has 82 valence electrons. The van der Waals surface area contributed by atoms with E-state index in [0.717, 1.165) is 0 Å². The smallest absolute Gasteiger partial charge is 0.00241 e. The van der Waals surface area contributed by atoms with Crippen LogP contribution in [0.15, 0.2) is 24.3 Å². The van der Waals surface area contributed by atoms with E-state index in [-0.39, 0.29) is 0 Å². The summed E-state index contributed by atoms with van der Waals surface area (Å²) in [5, 5.41) is 0. The summed E-state index contributed by atoms with van der Waals surface area (Å²) >= 11 is 0. The highest BCUT2D eigenvalue weighted by Crippen LogP contribution is 2.53. The molecule has 1 atom stereocenters. The second kappa shape index (κ2) is 3.37. The van der Waals surface area contributed by atoms with E-state index in [1.807, 2.05) is 0 Å². The average molecular weight is 202 g/mol. The van der Waals surface area contributed by atoms with Crippen LogP contribution in [0.2, 0.25) is 0 Å². The van der Waals surface area contributed by atoms with Crippen LogP contribution in [-0.4, -0.2) is 0 Å². The van der Waals surface area contributed by atoms with Crippen molar-refractivity contribution in [2.24, 2.45) is 5.41 Å². The van der Waals surface area contributed by atoms with Crippen LogP contribution in [0.5, 0.6) is 0 Å². The summed E-state index contributed by atoms with van der Waals surface area (Å²) in [5.41, 5.74) is 3.74. The lowest BCUT2D eigenvalue weighted by molar-refractivity contribution is 0.225. The predicted octanol–water partition coefficient (Wildman–Crippen LogP) is 4.46. The van der Waals surface area contributed by atoms with Gasteiger partial charge < -0.3 is 0 Å². The van der Waals surface area contributed by atoms with E-state index in [2.05, 4.69) is 52.0 Å². The van der Waals surface area contributed by atoms with Crippen molar-refractivity contribution in [1.82, 2.24) is 0 Å². The number of hydrogen-bond acceptors (Lipinski definition) is 0. The number of benzene rings is 1. The van der Waals surface area contributed by atoms with Gasteiger partial charge in [0, 0.05) is 0 Å². The molecule has 1 aromatic carbocycles. The minimum atomic E-state index is 0.374. The van der Waals surface area contributed by atoms with E-state index < -0.39 is 0 Å². The van der Waals surface area contributed by atoms with Crippen molar-refractivity contribution in [3.63, 3.8) is 0 Å². The molecule has 0 saturated heterocycles. The zero-order chi connectivity index (χ0) is 11.1. The molecule has 0 heteroatoms. The van der Waals surface area contributed by atoms with Gasteiger partial charge in [-0.2, -0.15) is 0 Å². The molecule has 0 heterocycles. The Hall–Kier alpha value is -0.780. The zero-order valence-corrected chi connectivity index (χ0v) is 10.4. The van der Waals surface area contributed by atoms with Gasteiger partial charge in [0.15, 0.2) is 0 Å². The summed E-state index contributed by atoms with van der Waals surface area (Å²) in [5.74, 6) is 0. The van der Waals surface area contributed by atoms with E-state index in [0.29, 0.717) is 10.8 Å².